The smallest absolute Gasteiger partial charge is 0.248 e. The van der Waals surface area contributed by atoms with Gasteiger partial charge in [0.25, 0.3) is 0 Å². The third-order valence-corrected chi connectivity index (χ3v) is 5.19. The molecule has 5 heteroatoms. The highest BCUT2D eigenvalue weighted by Gasteiger charge is 2.27. The van der Waals surface area contributed by atoms with E-state index in [1.165, 1.54) is 30.5 Å². The van der Waals surface area contributed by atoms with Crippen molar-refractivity contribution < 1.29 is 4.79 Å². The molecular weight excluding hydrogens is 288 g/mol. The summed E-state index contributed by atoms with van der Waals surface area (Å²) in [4.78, 5) is 13.8. The molecule has 2 heterocycles. The molecule has 0 unspecified atom stereocenters. The maximum absolute atomic E-state index is 11.2. The largest absolute Gasteiger partial charge is 0.366 e. The molecule has 2 N–H and O–H groups in total. The van der Waals surface area contributed by atoms with Crippen LogP contribution < -0.4 is 5.73 Å². The summed E-state index contributed by atoms with van der Waals surface area (Å²) >= 11 is 0. The number of hydrogen-bond donors (Lipinski definition) is 1. The topological polar surface area (TPSA) is 64.2 Å². The zero-order valence-corrected chi connectivity index (χ0v) is 13.2. The summed E-state index contributed by atoms with van der Waals surface area (Å²) < 4.78 is 1.93. The van der Waals surface area contributed by atoms with Crippen LogP contribution in [0.2, 0.25) is 0 Å². The first-order valence-electron chi connectivity index (χ1n) is 8.42. The van der Waals surface area contributed by atoms with Crippen molar-refractivity contribution in [3.63, 3.8) is 0 Å². The van der Waals surface area contributed by atoms with E-state index in [2.05, 4.69) is 11.1 Å². The van der Waals surface area contributed by atoms with Crippen LogP contribution in [0.4, 0.5) is 0 Å². The lowest BCUT2D eigenvalue weighted by atomic mass is 9.91. The highest BCUT2D eigenvalue weighted by Crippen LogP contribution is 2.27. The van der Waals surface area contributed by atoms with Gasteiger partial charge in [-0.15, -0.1) is 0 Å². The van der Waals surface area contributed by atoms with Gasteiger partial charge in [-0.2, -0.15) is 5.10 Å². The van der Waals surface area contributed by atoms with E-state index in [4.69, 9.17) is 10.8 Å². The predicted octanol–water partition coefficient (Wildman–Crippen LogP) is 1.92. The molecule has 5 nitrogen and oxygen atoms in total. The van der Waals surface area contributed by atoms with Crippen LogP contribution in [0.1, 0.15) is 40.9 Å². The number of carbonyl (C=O) groups is 1. The standard InChI is InChI=1S/C18H22N4O/c19-18(23)13-4-6-16(7-5-13)22-12-14-8-10-21(15-2-1-3-15)11-9-17(14)20-22/h4-7,12,15H,1-3,8-11H2,(H2,19,23). The molecule has 1 aliphatic heterocycles. The molecule has 0 bridgehead atoms. The highest BCUT2D eigenvalue weighted by molar-refractivity contribution is 5.92. The van der Waals surface area contributed by atoms with E-state index in [1.54, 1.807) is 12.1 Å². The predicted molar refractivity (Wildman–Crippen MR) is 88.7 cm³/mol. The van der Waals surface area contributed by atoms with Crippen molar-refractivity contribution in [3.05, 3.63) is 47.3 Å². The summed E-state index contributed by atoms with van der Waals surface area (Å²) in [5.41, 5.74) is 9.35. The number of nitrogens with zero attached hydrogens (tertiary/aromatic N) is 3. The Morgan fingerprint density at radius 2 is 1.87 bits per heavy atom. The molecule has 0 spiro atoms. The Morgan fingerprint density at radius 1 is 1.13 bits per heavy atom. The number of benzene rings is 1. The molecule has 1 aromatic heterocycles. The first-order valence-corrected chi connectivity index (χ1v) is 8.42. The van der Waals surface area contributed by atoms with Gasteiger partial charge in [-0.05, 0) is 49.1 Å². The van der Waals surface area contributed by atoms with Crippen LogP contribution in [-0.2, 0) is 12.8 Å². The fraction of sp³-hybridized carbons (Fsp3) is 0.444. The minimum atomic E-state index is -0.399. The molecule has 1 aliphatic carbocycles. The lowest BCUT2D eigenvalue weighted by Crippen LogP contribution is -2.41. The van der Waals surface area contributed by atoms with Crippen LogP contribution in [0, 0.1) is 0 Å². The molecule has 1 amide bonds. The Balaban J connectivity index is 1.52. The van der Waals surface area contributed by atoms with Crippen LogP contribution >= 0.6 is 0 Å². The molecule has 0 atom stereocenters. The Morgan fingerprint density at radius 3 is 2.52 bits per heavy atom. The van der Waals surface area contributed by atoms with Gasteiger partial charge >= 0.3 is 0 Å². The van der Waals surface area contributed by atoms with Crippen molar-refractivity contribution in [1.29, 1.82) is 0 Å². The number of fused-ring (bicyclic) bond motifs is 1. The Bertz CT molecular complexity index is 690. The number of aromatic nitrogens is 2. The summed E-state index contributed by atoms with van der Waals surface area (Å²) in [7, 11) is 0. The van der Waals surface area contributed by atoms with E-state index in [0.29, 0.717) is 5.56 Å². The Labute approximate surface area is 136 Å². The quantitative estimate of drug-likeness (QED) is 0.942. The molecule has 2 aromatic rings. The van der Waals surface area contributed by atoms with E-state index >= 15 is 0 Å². The summed E-state index contributed by atoms with van der Waals surface area (Å²) in [6, 6.07) is 8.11. The van der Waals surface area contributed by atoms with Crippen LogP contribution in [-0.4, -0.2) is 39.7 Å². The molecule has 120 valence electrons. The minimum Gasteiger partial charge on any atom is -0.366 e. The third-order valence-electron chi connectivity index (χ3n) is 5.19. The number of rotatable bonds is 3. The second-order valence-electron chi connectivity index (χ2n) is 6.58. The minimum absolute atomic E-state index is 0.399. The average molecular weight is 310 g/mol. The molecule has 1 fully saturated rings. The first-order chi connectivity index (χ1) is 11.2. The zero-order chi connectivity index (χ0) is 15.8. The number of carbonyl (C=O) groups excluding carboxylic acids is 1. The van der Waals surface area contributed by atoms with Gasteiger partial charge in [0.2, 0.25) is 5.91 Å². The van der Waals surface area contributed by atoms with Crippen molar-refractivity contribution in [2.24, 2.45) is 5.73 Å². The van der Waals surface area contributed by atoms with E-state index in [1.807, 2.05) is 16.8 Å². The lowest BCUT2D eigenvalue weighted by molar-refractivity contribution is 0.100. The van der Waals surface area contributed by atoms with E-state index in [9.17, 15) is 4.79 Å². The summed E-state index contributed by atoms with van der Waals surface area (Å²) in [5, 5.41) is 4.77. The third kappa shape index (κ3) is 2.77. The Hall–Kier alpha value is -2.14. The summed E-state index contributed by atoms with van der Waals surface area (Å²) in [5.74, 6) is -0.399. The molecule has 23 heavy (non-hydrogen) atoms. The lowest BCUT2D eigenvalue weighted by Gasteiger charge is -2.36. The SMILES string of the molecule is NC(=O)c1ccc(-n2cc3c(n2)CCN(C2CCC2)CC3)cc1. The van der Waals surface area contributed by atoms with E-state index < -0.39 is 5.91 Å². The molecule has 0 saturated heterocycles. The van der Waals surface area contributed by atoms with Crippen molar-refractivity contribution in [2.45, 2.75) is 38.1 Å². The zero-order valence-electron chi connectivity index (χ0n) is 13.2. The number of amides is 1. The average Bonchev–Trinajstić information content (AvgIpc) is 2.82. The van der Waals surface area contributed by atoms with Crippen LogP contribution in [0.5, 0.6) is 0 Å². The highest BCUT2D eigenvalue weighted by atomic mass is 16.1. The van der Waals surface area contributed by atoms with Crippen molar-refractivity contribution >= 4 is 5.91 Å². The van der Waals surface area contributed by atoms with Gasteiger partial charge in [0.05, 0.1) is 11.4 Å². The van der Waals surface area contributed by atoms with Gasteiger partial charge in [0.15, 0.2) is 0 Å². The van der Waals surface area contributed by atoms with Gasteiger partial charge in [-0.1, -0.05) is 6.42 Å². The van der Waals surface area contributed by atoms with Crippen LogP contribution in [0.25, 0.3) is 5.69 Å². The van der Waals surface area contributed by atoms with Crippen molar-refractivity contribution in [3.8, 4) is 5.69 Å². The first kappa shape index (κ1) is 14.5. The van der Waals surface area contributed by atoms with Crippen LogP contribution in [0.15, 0.2) is 30.5 Å². The summed E-state index contributed by atoms with van der Waals surface area (Å²) in [6.45, 7) is 2.26. The second-order valence-corrected chi connectivity index (χ2v) is 6.58. The van der Waals surface area contributed by atoms with E-state index in [-0.39, 0.29) is 0 Å². The van der Waals surface area contributed by atoms with Gasteiger partial charge in [0.1, 0.15) is 0 Å². The van der Waals surface area contributed by atoms with Crippen molar-refractivity contribution in [2.75, 3.05) is 13.1 Å². The maximum atomic E-state index is 11.2. The molecule has 1 aromatic carbocycles. The number of hydrogen-bond acceptors (Lipinski definition) is 3. The van der Waals surface area contributed by atoms with Crippen LogP contribution in [0.3, 0.4) is 0 Å². The summed E-state index contributed by atoms with van der Waals surface area (Å²) in [6.07, 6.45) is 8.36. The number of nitrogens with two attached hydrogens (primary N) is 1. The van der Waals surface area contributed by atoms with Gasteiger partial charge in [-0.25, -0.2) is 4.68 Å². The normalized spacial score (nSPS) is 19.0. The number of primary amides is 1. The monoisotopic (exact) mass is 310 g/mol. The maximum Gasteiger partial charge on any atom is 0.248 e. The molecule has 1 saturated carbocycles. The Kier molecular flexibility index (Phi) is 3.65. The fourth-order valence-corrected chi connectivity index (χ4v) is 3.52. The van der Waals surface area contributed by atoms with Gasteiger partial charge in [0, 0.05) is 37.3 Å². The van der Waals surface area contributed by atoms with E-state index in [0.717, 1.165) is 37.7 Å². The molecule has 4 rings (SSSR count). The fourth-order valence-electron chi connectivity index (χ4n) is 3.52. The van der Waals surface area contributed by atoms with Gasteiger partial charge in [-0.3, -0.25) is 9.69 Å². The molecular formula is C18H22N4O. The molecule has 0 radical (unpaired) electrons. The molecule has 2 aliphatic rings. The second kappa shape index (κ2) is 5.81. The van der Waals surface area contributed by atoms with Gasteiger partial charge < -0.3 is 5.73 Å². The van der Waals surface area contributed by atoms with Crippen molar-refractivity contribution in [1.82, 2.24) is 14.7 Å².